The third kappa shape index (κ3) is 11.5. The number of amides is 4. The zero-order valence-electron chi connectivity index (χ0n) is 21.8. The molecule has 1 atom stereocenters. The molecular formula is C27H31F3N4O6. The first kappa shape index (κ1) is 31.8. The first-order chi connectivity index (χ1) is 19.0. The van der Waals surface area contributed by atoms with Crippen molar-refractivity contribution in [3.05, 3.63) is 60.2 Å². The largest absolute Gasteiger partial charge is 0.491 e. The highest BCUT2D eigenvalue weighted by molar-refractivity contribution is 5.89. The van der Waals surface area contributed by atoms with Crippen molar-refractivity contribution in [3.63, 3.8) is 0 Å². The zero-order chi connectivity index (χ0) is 29.5. The van der Waals surface area contributed by atoms with Crippen molar-refractivity contribution in [3.8, 4) is 11.1 Å². The number of benzene rings is 2. The Morgan fingerprint density at radius 2 is 1.45 bits per heavy atom. The van der Waals surface area contributed by atoms with Crippen LogP contribution >= 0.6 is 0 Å². The molecule has 0 bridgehead atoms. The Balaban J connectivity index is 1.98. The molecule has 1 unspecified atom stereocenters. The molecule has 40 heavy (non-hydrogen) atoms. The molecular weight excluding hydrogens is 533 g/mol. The number of esters is 2. The van der Waals surface area contributed by atoms with Gasteiger partial charge in [0.25, 0.3) is 0 Å². The van der Waals surface area contributed by atoms with E-state index in [4.69, 9.17) is 0 Å². The van der Waals surface area contributed by atoms with Gasteiger partial charge in [0.2, 0.25) is 11.8 Å². The van der Waals surface area contributed by atoms with E-state index >= 15 is 0 Å². The van der Waals surface area contributed by atoms with Crippen LogP contribution in [0.15, 0.2) is 54.6 Å². The molecule has 0 heterocycles. The molecule has 0 fully saturated rings. The summed E-state index contributed by atoms with van der Waals surface area (Å²) in [4.78, 5) is 59.3. The predicted octanol–water partition coefficient (Wildman–Crippen LogP) is 3.14. The van der Waals surface area contributed by atoms with Crippen molar-refractivity contribution < 1.29 is 41.9 Å². The summed E-state index contributed by atoms with van der Waals surface area (Å²) in [6.07, 6.45) is -4.51. The van der Waals surface area contributed by atoms with Crippen LogP contribution in [0.4, 0.5) is 18.0 Å². The standard InChI is InChI=1S/C27H31F3N4O6/c1-2-3-14-31-26(39)32-15-13-22(35)33-17-23(36)34-21(16-24(37)40-25(38)27(28,29)30)20-11-9-19(10-12-20)18-7-5-4-6-8-18/h4-12,21H,2-3,13-17H2,1H3,(H,33,35)(H,34,36)(H2,31,32,39). The van der Waals surface area contributed by atoms with E-state index in [0.717, 1.165) is 24.0 Å². The summed E-state index contributed by atoms with van der Waals surface area (Å²) in [5.74, 6) is -5.44. The second kappa shape index (κ2) is 15.9. The summed E-state index contributed by atoms with van der Waals surface area (Å²) in [6.45, 7) is 2.00. The van der Waals surface area contributed by atoms with Gasteiger partial charge in [-0.25, -0.2) is 9.59 Å². The number of carbonyl (C=O) groups is 5. The molecule has 0 saturated heterocycles. The topological polar surface area (TPSA) is 143 Å². The van der Waals surface area contributed by atoms with Crippen LogP contribution in [0.2, 0.25) is 0 Å². The van der Waals surface area contributed by atoms with E-state index in [2.05, 4.69) is 26.0 Å². The molecule has 216 valence electrons. The summed E-state index contributed by atoms with van der Waals surface area (Å²) in [7, 11) is 0. The lowest BCUT2D eigenvalue weighted by molar-refractivity contribution is -0.202. The first-order valence-electron chi connectivity index (χ1n) is 12.5. The van der Waals surface area contributed by atoms with Crippen LogP contribution in [0.3, 0.4) is 0 Å². The molecule has 0 spiro atoms. The fraction of sp³-hybridized carbons (Fsp3) is 0.370. The van der Waals surface area contributed by atoms with Crippen molar-refractivity contribution in [1.29, 1.82) is 0 Å². The van der Waals surface area contributed by atoms with Crippen LogP contribution in [0.25, 0.3) is 11.1 Å². The van der Waals surface area contributed by atoms with Gasteiger partial charge in [-0.3, -0.25) is 14.4 Å². The third-order valence-corrected chi connectivity index (χ3v) is 5.46. The van der Waals surface area contributed by atoms with Gasteiger partial charge in [0, 0.05) is 19.5 Å². The molecule has 0 aliphatic heterocycles. The predicted molar refractivity (Wildman–Crippen MR) is 138 cm³/mol. The number of halogens is 3. The minimum Gasteiger partial charge on any atom is -0.386 e. The van der Waals surface area contributed by atoms with Gasteiger partial charge in [0.05, 0.1) is 19.0 Å². The summed E-state index contributed by atoms with van der Waals surface area (Å²) < 4.78 is 41.4. The van der Waals surface area contributed by atoms with Crippen LogP contribution in [-0.4, -0.2) is 55.6 Å². The number of ether oxygens (including phenoxy) is 1. The van der Waals surface area contributed by atoms with Crippen LogP contribution < -0.4 is 21.3 Å². The van der Waals surface area contributed by atoms with Crippen LogP contribution in [0, 0.1) is 0 Å². The Morgan fingerprint density at radius 3 is 2.08 bits per heavy atom. The normalized spacial score (nSPS) is 11.6. The number of rotatable bonds is 13. The van der Waals surface area contributed by atoms with Crippen LogP contribution in [-0.2, 0) is 23.9 Å². The van der Waals surface area contributed by atoms with E-state index in [1.807, 2.05) is 37.3 Å². The van der Waals surface area contributed by atoms with Gasteiger partial charge in [-0.15, -0.1) is 0 Å². The third-order valence-electron chi connectivity index (χ3n) is 5.46. The van der Waals surface area contributed by atoms with Gasteiger partial charge >= 0.3 is 24.1 Å². The number of urea groups is 1. The number of carbonyl (C=O) groups excluding carboxylic acids is 5. The molecule has 0 aliphatic carbocycles. The van der Waals surface area contributed by atoms with Gasteiger partial charge in [-0.05, 0) is 23.1 Å². The lowest BCUT2D eigenvalue weighted by Gasteiger charge is -2.19. The fourth-order valence-corrected chi connectivity index (χ4v) is 3.40. The Hall–Kier alpha value is -4.42. The molecule has 0 radical (unpaired) electrons. The monoisotopic (exact) mass is 564 g/mol. The molecule has 13 heteroatoms. The summed E-state index contributed by atoms with van der Waals surface area (Å²) in [6, 6.07) is 14.2. The van der Waals surface area contributed by atoms with Crippen molar-refractivity contribution in [1.82, 2.24) is 21.3 Å². The Kier molecular flexibility index (Phi) is 12.6. The van der Waals surface area contributed by atoms with E-state index in [-0.39, 0.29) is 13.0 Å². The smallest absolute Gasteiger partial charge is 0.386 e. The molecule has 2 rings (SSSR count). The van der Waals surface area contributed by atoms with Crippen molar-refractivity contribution in [2.75, 3.05) is 19.6 Å². The molecule has 0 saturated carbocycles. The highest BCUT2D eigenvalue weighted by atomic mass is 19.4. The number of hydrogen-bond donors (Lipinski definition) is 4. The number of nitrogens with one attached hydrogen (secondary N) is 4. The Labute approximate surface area is 229 Å². The average Bonchev–Trinajstić information content (AvgIpc) is 2.91. The van der Waals surface area contributed by atoms with Gasteiger partial charge in [0.15, 0.2) is 0 Å². The van der Waals surface area contributed by atoms with Crippen molar-refractivity contribution in [2.24, 2.45) is 0 Å². The fourth-order valence-electron chi connectivity index (χ4n) is 3.40. The number of alkyl halides is 3. The second-order valence-electron chi connectivity index (χ2n) is 8.63. The van der Waals surface area contributed by atoms with Gasteiger partial charge in [0.1, 0.15) is 0 Å². The lowest BCUT2D eigenvalue weighted by Crippen LogP contribution is -2.41. The number of hydrogen-bond acceptors (Lipinski definition) is 6. The molecule has 2 aromatic rings. The lowest BCUT2D eigenvalue weighted by atomic mass is 9.99. The van der Waals surface area contributed by atoms with Crippen LogP contribution in [0.1, 0.15) is 44.2 Å². The van der Waals surface area contributed by atoms with E-state index in [0.29, 0.717) is 12.1 Å². The number of unbranched alkanes of at least 4 members (excludes halogenated alkanes) is 1. The maximum Gasteiger partial charge on any atom is 0.491 e. The Bertz CT molecular complexity index is 1160. The maximum absolute atomic E-state index is 12.5. The molecule has 0 aliphatic rings. The summed E-state index contributed by atoms with van der Waals surface area (Å²) in [5.41, 5.74) is 2.05. The SMILES string of the molecule is CCCCNC(=O)NCCC(=O)NCC(=O)NC(CC(=O)OC(=O)C(F)(F)F)c1ccc(-c2ccccc2)cc1. The first-order valence-corrected chi connectivity index (χ1v) is 12.5. The van der Waals surface area contributed by atoms with E-state index in [1.165, 1.54) is 0 Å². The van der Waals surface area contributed by atoms with Gasteiger partial charge < -0.3 is 26.0 Å². The van der Waals surface area contributed by atoms with E-state index in [9.17, 15) is 37.1 Å². The molecule has 2 aromatic carbocycles. The molecule has 0 aromatic heterocycles. The highest BCUT2D eigenvalue weighted by Crippen LogP contribution is 2.24. The highest BCUT2D eigenvalue weighted by Gasteiger charge is 2.42. The van der Waals surface area contributed by atoms with E-state index in [1.54, 1.807) is 24.3 Å². The minimum absolute atomic E-state index is 0.0286. The van der Waals surface area contributed by atoms with Crippen molar-refractivity contribution in [2.45, 2.75) is 44.8 Å². The van der Waals surface area contributed by atoms with Crippen molar-refractivity contribution >= 4 is 29.8 Å². The quantitative estimate of drug-likeness (QED) is 0.167. The summed E-state index contributed by atoms with van der Waals surface area (Å²) in [5, 5.41) is 9.96. The van der Waals surface area contributed by atoms with Crippen LogP contribution in [0.5, 0.6) is 0 Å². The van der Waals surface area contributed by atoms with E-state index < -0.39 is 55.0 Å². The molecule has 10 nitrogen and oxygen atoms in total. The molecule has 4 amide bonds. The second-order valence-corrected chi connectivity index (χ2v) is 8.63. The maximum atomic E-state index is 12.5. The zero-order valence-corrected chi connectivity index (χ0v) is 21.8. The average molecular weight is 565 g/mol. The molecule has 4 N–H and O–H groups in total. The summed E-state index contributed by atoms with van der Waals surface area (Å²) >= 11 is 0. The minimum atomic E-state index is -5.36. The Morgan fingerprint density at radius 1 is 0.825 bits per heavy atom. The van der Waals surface area contributed by atoms with Gasteiger partial charge in [-0.1, -0.05) is 67.9 Å². The van der Waals surface area contributed by atoms with Gasteiger partial charge in [-0.2, -0.15) is 13.2 Å².